The Kier molecular flexibility index (Phi) is 7.15. The number of nitrogens with one attached hydrogen (secondary N) is 2. The third-order valence-corrected chi connectivity index (χ3v) is 6.02. The first-order valence-electron chi connectivity index (χ1n) is 8.65. The zero-order valence-corrected chi connectivity index (χ0v) is 15.4. The number of hydrogen-bond acceptors (Lipinski definition) is 2. The Labute approximate surface area is 142 Å². The van der Waals surface area contributed by atoms with Crippen LogP contribution in [0.5, 0.6) is 0 Å². The third-order valence-electron chi connectivity index (χ3n) is 4.28. The molecule has 1 aliphatic rings. The molecule has 0 saturated heterocycles. The van der Waals surface area contributed by atoms with Gasteiger partial charge in [-0.05, 0) is 37.8 Å². The standard InChI is InChI=1S/C17H30N4OS/c1-4-18-17(19-12-14-9-10-21(3)13-14)20-15-7-6-8-16(11-15)23(22)5-2/h9-10,13,15-16H,4-8,11-12H2,1-3H3,(H2,18,19,20). The van der Waals surface area contributed by atoms with E-state index in [2.05, 4.69) is 34.8 Å². The smallest absolute Gasteiger partial charge is 0.191 e. The van der Waals surface area contributed by atoms with Gasteiger partial charge in [0.1, 0.15) is 0 Å². The molecule has 2 rings (SSSR count). The largest absolute Gasteiger partial charge is 0.357 e. The molecule has 0 amide bonds. The van der Waals surface area contributed by atoms with E-state index in [1.54, 1.807) is 0 Å². The highest BCUT2D eigenvalue weighted by Crippen LogP contribution is 2.23. The predicted octanol–water partition coefficient (Wildman–Crippen LogP) is 2.16. The van der Waals surface area contributed by atoms with E-state index in [-0.39, 0.29) is 0 Å². The van der Waals surface area contributed by atoms with E-state index < -0.39 is 10.8 Å². The Balaban J connectivity index is 1.93. The van der Waals surface area contributed by atoms with Crippen LogP contribution in [0.4, 0.5) is 0 Å². The maximum atomic E-state index is 12.1. The van der Waals surface area contributed by atoms with Gasteiger partial charge in [0.15, 0.2) is 5.96 Å². The summed E-state index contributed by atoms with van der Waals surface area (Å²) in [6.45, 7) is 5.61. The second-order valence-electron chi connectivity index (χ2n) is 6.18. The van der Waals surface area contributed by atoms with Crippen molar-refractivity contribution in [3.05, 3.63) is 24.0 Å². The minimum absolute atomic E-state index is 0.336. The predicted molar refractivity (Wildman–Crippen MR) is 98.1 cm³/mol. The van der Waals surface area contributed by atoms with Gasteiger partial charge < -0.3 is 15.2 Å². The quantitative estimate of drug-likeness (QED) is 0.617. The highest BCUT2D eigenvalue weighted by molar-refractivity contribution is 7.85. The molecule has 1 heterocycles. The minimum atomic E-state index is -0.686. The van der Waals surface area contributed by atoms with Crippen molar-refractivity contribution < 1.29 is 4.21 Å². The molecular weight excluding hydrogens is 308 g/mol. The zero-order valence-electron chi connectivity index (χ0n) is 14.5. The molecule has 1 fully saturated rings. The molecule has 0 aliphatic heterocycles. The second-order valence-corrected chi connectivity index (χ2v) is 8.19. The van der Waals surface area contributed by atoms with Crippen LogP contribution >= 0.6 is 0 Å². The molecule has 1 aromatic rings. The van der Waals surface area contributed by atoms with Crippen molar-refractivity contribution in [3.8, 4) is 0 Å². The average molecular weight is 339 g/mol. The Morgan fingerprint density at radius 3 is 2.91 bits per heavy atom. The first-order chi connectivity index (χ1) is 11.1. The molecule has 3 unspecified atom stereocenters. The first kappa shape index (κ1) is 18.0. The molecular formula is C17H30N4OS. The third kappa shape index (κ3) is 5.68. The summed E-state index contributed by atoms with van der Waals surface area (Å²) < 4.78 is 14.1. The van der Waals surface area contributed by atoms with Crippen LogP contribution < -0.4 is 10.6 Å². The second kappa shape index (κ2) is 9.11. The maximum absolute atomic E-state index is 12.1. The SMILES string of the molecule is CCNC(=NCc1ccn(C)c1)NC1CCCC(S(=O)CC)C1. The van der Waals surface area contributed by atoms with Crippen LogP contribution in [0.25, 0.3) is 0 Å². The Morgan fingerprint density at radius 2 is 2.26 bits per heavy atom. The van der Waals surface area contributed by atoms with Crippen molar-refractivity contribution in [3.63, 3.8) is 0 Å². The van der Waals surface area contributed by atoms with Gasteiger partial charge in [0.2, 0.25) is 0 Å². The monoisotopic (exact) mass is 338 g/mol. The van der Waals surface area contributed by atoms with Gasteiger partial charge in [0.05, 0.1) is 6.54 Å². The molecule has 0 spiro atoms. The van der Waals surface area contributed by atoms with Crippen LogP contribution in [0.3, 0.4) is 0 Å². The summed E-state index contributed by atoms with van der Waals surface area (Å²) in [5, 5.41) is 7.20. The molecule has 1 saturated carbocycles. The van der Waals surface area contributed by atoms with E-state index in [0.29, 0.717) is 17.8 Å². The highest BCUT2D eigenvalue weighted by Gasteiger charge is 2.25. The molecule has 3 atom stereocenters. The van der Waals surface area contributed by atoms with Gasteiger partial charge in [-0.3, -0.25) is 4.21 Å². The Hall–Kier alpha value is -1.30. The van der Waals surface area contributed by atoms with E-state index in [0.717, 1.165) is 43.9 Å². The van der Waals surface area contributed by atoms with Crippen molar-refractivity contribution in [2.24, 2.45) is 12.0 Å². The number of nitrogens with zero attached hydrogens (tertiary/aromatic N) is 2. The lowest BCUT2D eigenvalue weighted by Gasteiger charge is -2.30. The topological polar surface area (TPSA) is 58.4 Å². The van der Waals surface area contributed by atoms with E-state index in [9.17, 15) is 4.21 Å². The summed E-state index contributed by atoms with van der Waals surface area (Å²) in [7, 11) is 1.33. The van der Waals surface area contributed by atoms with Crippen LogP contribution in [-0.4, -0.2) is 38.3 Å². The number of hydrogen-bond donors (Lipinski definition) is 2. The lowest BCUT2D eigenvalue weighted by Crippen LogP contribution is -2.46. The number of aliphatic imine (C=N–C) groups is 1. The fourth-order valence-corrected chi connectivity index (χ4v) is 4.44. The minimum Gasteiger partial charge on any atom is -0.357 e. The van der Waals surface area contributed by atoms with Crippen molar-refractivity contribution in [2.45, 2.75) is 57.4 Å². The molecule has 1 aromatic heterocycles. The molecule has 0 bridgehead atoms. The fourth-order valence-electron chi connectivity index (χ4n) is 3.09. The molecule has 6 heteroatoms. The van der Waals surface area contributed by atoms with Crippen LogP contribution in [0.15, 0.2) is 23.5 Å². The zero-order chi connectivity index (χ0) is 16.7. The number of aryl methyl sites for hydroxylation is 1. The Bertz CT molecular complexity index is 540. The van der Waals surface area contributed by atoms with E-state index in [4.69, 9.17) is 0 Å². The summed E-state index contributed by atoms with van der Waals surface area (Å²) >= 11 is 0. The van der Waals surface area contributed by atoms with Gasteiger partial charge in [-0.25, -0.2) is 4.99 Å². The van der Waals surface area contributed by atoms with Gasteiger partial charge in [0.25, 0.3) is 0 Å². The van der Waals surface area contributed by atoms with E-state index >= 15 is 0 Å². The average Bonchev–Trinajstić information content (AvgIpc) is 2.98. The van der Waals surface area contributed by atoms with Crippen LogP contribution in [0.2, 0.25) is 0 Å². The van der Waals surface area contributed by atoms with Gasteiger partial charge >= 0.3 is 0 Å². The van der Waals surface area contributed by atoms with Crippen molar-refractivity contribution in [2.75, 3.05) is 12.3 Å². The van der Waals surface area contributed by atoms with Gasteiger partial charge in [-0.2, -0.15) is 0 Å². The summed E-state index contributed by atoms with van der Waals surface area (Å²) in [4.78, 5) is 4.69. The molecule has 23 heavy (non-hydrogen) atoms. The summed E-state index contributed by atoms with van der Waals surface area (Å²) in [5.41, 5.74) is 1.21. The normalized spacial score (nSPS) is 23.5. The van der Waals surface area contributed by atoms with Crippen LogP contribution in [-0.2, 0) is 24.4 Å². The highest BCUT2D eigenvalue weighted by atomic mass is 32.2. The molecule has 0 radical (unpaired) electrons. The van der Waals surface area contributed by atoms with Crippen molar-refractivity contribution in [1.82, 2.24) is 15.2 Å². The number of guanidine groups is 1. The van der Waals surface area contributed by atoms with Gasteiger partial charge in [-0.15, -0.1) is 0 Å². The lowest BCUT2D eigenvalue weighted by molar-refractivity contribution is 0.413. The lowest BCUT2D eigenvalue weighted by atomic mass is 9.95. The van der Waals surface area contributed by atoms with Crippen molar-refractivity contribution in [1.29, 1.82) is 0 Å². The van der Waals surface area contributed by atoms with Crippen LogP contribution in [0.1, 0.15) is 45.1 Å². The molecule has 0 aromatic carbocycles. The van der Waals surface area contributed by atoms with Gasteiger partial charge in [-0.1, -0.05) is 13.3 Å². The number of rotatable bonds is 6. The Morgan fingerprint density at radius 1 is 1.43 bits per heavy atom. The molecule has 5 nitrogen and oxygen atoms in total. The molecule has 1 aliphatic carbocycles. The maximum Gasteiger partial charge on any atom is 0.191 e. The molecule has 130 valence electrons. The van der Waals surface area contributed by atoms with Crippen molar-refractivity contribution >= 4 is 16.8 Å². The van der Waals surface area contributed by atoms with Crippen LogP contribution in [0, 0.1) is 0 Å². The van der Waals surface area contributed by atoms with E-state index in [1.165, 1.54) is 5.56 Å². The first-order valence-corrected chi connectivity index (χ1v) is 10.0. The number of aromatic nitrogens is 1. The summed E-state index contributed by atoms with van der Waals surface area (Å²) in [6, 6.07) is 2.46. The summed E-state index contributed by atoms with van der Waals surface area (Å²) in [5.74, 6) is 1.63. The van der Waals surface area contributed by atoms with E-state index in [1.807, 2.05) is 24.7 Å². The fraction of sp³-hybridized carbons (Fsp3) is 0.706. The summed E-state index contributed by atoms with van der Waals surface area (Å²) in [6.07, 6.45) is 8.48. The van der Waals surface area contributed by atoms with Gasteiger partial charge in [0, 0.05) is 53.8 Å². The molecule has 2 N–H and O–H groups in total.